The lowest BCUT2D eigenvalue weighted by Crippen LogP contribution is -2.63. The molecule has 3 aliphatic rings. The normalized spacial score (nSPS) is 27.9. The van der Waals surface area contributed by atoms with Crippen molar-refractivity contribution in [2.75, 3.05) is 13.2 Å². The third-order valence-corrected chi connectivity index (χ3v) is 8.05. The maximum absolute atomic E-state index is 13.2. The van der Waals surface area contributed by atoms with Crippen LogP contribution >= 0.6 is 11.8 Å². The van der Waals surface area contributed by atoms with Crippen molar-refractivity contribution in [3.63, 3.8) is 0 Å². The van der Waals surface area contributed by atoms with Crippen LogP contribution in [0.1, 0.15) is 25.8 Å². The van der Waals surface area contributed by atoms with E-state index in [0.717, 1.165) is 0 Å². The van der Waals surface area contributed by atoms with Crippen molar-refractivity contribution < 1.29 is 38.6 Å². The second-order valence-corrected chi connectivity index (χ2v) is 10.4. The summed E-state index contributed by atoms with van der Waals surface area (Å²) in [5.74, 6) is -1.85. The molecule has 0 spiro atoms. The van der Waals surface area contributed by atoms with Gasteiger partial charge in [-0.15, -0.1) is 11.8 Å². The van der Waals surface area contributed by atoms with Gasteiger partial charge in [-0.2, -0.15) is 0 Å². The Labute approximate surface area is 210 Å². The van der Waals surface area contributed by atoms with Crippen LogP contribution in [0.25, 0.3) is 0 Å². The molecule has 3 aliphatic heterocycles. The highest BCUT2D eigenvalue weighted by Gasteiger charge is 2.60. The van der Waals surface area contributed by atoms with Crippen LogP contribution in [-0.4, -0.2) is 69.6 Å². The first-order valence-corrected chi connectivity index (χ1v) is 12.3. The maximum atomic E-state index is 13.2. The Bertz CT molecular complexity index is 1090. The van der Waals surface area contributed by atoms with Crippen molar-refractivity contribution >= 4 is 35.4 Å². The van der Waals surface area contributed by atoms with Crippen LogP contribution in [0, 0.1) is 22.0 Å². The molecule has 6 atom stereocenters. The summed E-state index contributed by atoms with van der Waals surface area (Å²) >= 11 is 1.42. The Morgan fingerprint density at radius 1 is 1.33 bits per heavy atom. The number of carbonyl (C=O) groups excluding carboxylic acids is 3. The zero-order chi connectivity index (χ0) is 26.1. The molecule has 0 aliphatic carbocycles. The lowest BCUT2D eigenvalue weighted by Gasteiger charge is -2.46. The number of ether oxygens (including phenoxy) is 3. The number of rotatable bonds is 9. The van der Waals surface area contributed by atoms with Crippen LogP contribution in [-0.2, 0) is 30.4 Å². The highest BCUT2D eigenvalue weighted by molar-refractivity contribution is 8.03. The molecule has 6 unspecified atom stereocenters. The number of nitrogens with two attached hydrogens (primary N) is 1. The van der Waals surface area contributed by atoms with Gasteiger partial charge in [-0.05, 0) is 31.0 Å². The highest BCUT2D eigenvalue weighted by Crippen LogP contribution is 2.52. The van der Waals surface area contributed by atoms with E-state index in [9.17, 15) is 29.6 Å². The van der Waals surface area contributed by atoms with E-state index in [2.05, 4.69) is 0 Å². The number of nitro benzene ring substituents is 1. The Balaban J connectivity index is 1.50. The molecule has 0 radical (unpaired) electrons. The summed E-state index contributed by atoms with van der Waals surface area (Å²) in [5.41, 5.74) is 5.65. The van der Waals surface area contributed by atoms with Crippen molar-refractivity contribution in [3.05, 3.63) is 50.5 Å². The van der Waals surface area contributed by atoms with Crippen molar-refractivity contribution in [2.45, 2.75) is 50.4 Å². The molecule has 1 aromatic rings. The molecule has 2 fully saturated rings. The molecule has 2 saturated heterocycles. The molecule has 3 N–H and O–H groups in total. The van der Waals surface area contributed by atoms with Gasteiger partial charge in [0.2, 0.25) is 5.91 Å². The van der Waals surface area contributed by atoms with Crippen LogP contribution in [0.2, 0.25) is 0 Å². The van der Waals surface area contributed by atoms with Gasteiger partial charge < -0.3 is 30.0 Å². The third-order valence-electron chi connectivity index (χ3n) is 6.57. The predicted molar refractivity (Wildman–Crippen MR) is 126 cm³/mol. The molecule has 2 amide bonds. The van der Waals surface area contributed by atoms with E-state index in [1.165, 1.54) is 40.9 Å². The summed E-state index contributed by atoms with van der Waals surface area (Å²) < 4.78 is 16.0. The number of hydrogen-bond acceptors (Lipinski definition) is 10. The van der Waals surface area contributed by atoms with E-state index < -0.39 is 29.0 Å². The summed E-state index contributed by atoms with van der Waals surface area (Å²) in [7, 11) is 0. The van der Waals surface area contributed by atoms with Gasteiger partial charge in [-0.1, -0.05) is 6.92 Å². The third kappa shape index (κ3) is 5.04. The van der Waals surface area contributed by atoms with Gasteiger partial charge >= 0.3 is 12.1 Å². The van der Waals surface area contributed by atoms with E-state index in [-0.39, 0.29) is 53.8 Å². The summed E-state index contributed by atoms with van der Waals surface area (Å²) in [6.07, 6.45) is -1.52. The van der Waals surface area contributed by atoms with Crippen molar-refractivity contribution in [2.24, 2.45) is 17.6 Å². The predicted octanol–water partition coefficient (Wildman–Crippen LogP) is 1.69. The van der Waals surface area contributed by atoms with E-state index >= 15 is 0 Å². The molecule has 4 rings (SSSR count). The number of nitrogens with zero attached hydrogens (tertiary/aromatic N) is 2. The summed E-state index contributed by atoms with van der Waals surface area (Å²) in [6.45, 7) is 3.72. The highest BCUT2D eigenvalue weighted by atomic mass is 32.2. The maximum Gasteiger partial charge on any atom is 0.404 e. The van der Waals surface area contributed by atoms with Crippen molar-refractivity contribution in [1.29, 1.82) is 0 Å². The van der Waals surface area contributed by atoms with E-state index in [1.54, 1.807) is 6.92 Å². The lowest BCUT2D eigenvalue weighted by molar-refractivity contribution is -0.384. The first kappa shape index (κ1) is 25.9. The number of thioether (sulfide) groups is 1. The van der Waals surface area contributed by atoms with Gasteiger partial charge in [0.25, 0.3) is 5.69 Å². The molecule has 0 bridgehead atoms. The Hall–Kier alpha value is -3.16. The van der Waals surface area contributed by atoms with Crippen LogP contribution in [0.15, 0.2) is 34.9 Å². The summed E-state index contributed by atoms with van der Waals surface area (Å²) in [5, 5.41) is 20.9. The van der Waals surface area contributed by atoms with E-state index in [1.807, 2.05) is 6.92 Å². The number of primary amides is 1. The molecule has 1 aromatic carbocycles. The number of aliphatic hydroxyl groups is 1. The molecular formula is C23H27N3O9S. The van der Waals surface area contributed by atoms with Crippen molar-refractivity contribution in [1.82, 2.24) is 4.90 Å². The monoisotopic (exact) mass is 521 g/mol. The fraction of sp³-hybridized carbons (Fsp3) is 0.522. The fourth-order valence-electron chi connectivity index (χ4n) is 4.83. The molecule has 0 aromatic heterocycles. The first-order chi connectivity index (χ1) is 17.1. The fourth-order valence-corrected chi connectivity index (χ4v) is 6.29. The number of β-lactam (4-membered cyclic amide) rings is 1. The zero-order valence-corrected chi connectivity index (χ0v) is 20.5. The number of fused-ring (bicyclic) bond motifs is 1. The van der Waals surface area contributed by atoms with Gasteiger partial charge in [0, 0.05) is 28.2 Å². The zero-order valence-electron chi connectivity index (χ0n) is 19.7. The Kier molecular flexibility index (Phi) is 7.52. The number of non-ortho nitro benzene ring substituents is 1. The van der Waals surface area contributed by atoms with Gasteiger partial charge in [0.05, 0.1) is 35.7 Å². The summed E-state index contributed by atoms with van der Waals surface area (Å²) in [4.78, 5) is 49.4. The number of benzene rings is 1. The van der Waals surface area contributed by atoms with Gasteiger partial charge in [-0.3, -0.25) is 14.9 Å². The minimum Gasteiger partial charge on any atom is -0.456 e. The second kappa shape index (κ2) is 10.4. The molecule has 13 heteroatoms. The molecule has 0 saturated carbocycles. The molecule has 3 heterocycles. The minimum atomic E-state index is -0.882. The van der Waals surface area contributed by atoms with Crippen LogP contribution in [0.5, 0.6) is 0 Å². The SMILES string of the molecule is CC(O)C1C(=O)N2C(C(=O)OCc3ccc([N+](=O)[O-])cc3)=C(SC3COC(COC(N)=O)C3)C(C)C12. The van der Waals surface area contributed by atoms with E-state index in [0.29, 0.717) is 23.5 Å². The first-order valence-electron chi connectivity index (χ1n) is 11.4. The standard InChI is InChI=1S/C23H27N3O9S/c1-11-18-17(12(2)27)21(28)25(18)19(20(11)36-16-7-15(33-10-16)9-35-23(24)30)22(29)34-8-13-3-5-14(6-4-13)26(31)32/h3-6,11-12,15-18,27H,7-10H2,1-2H3,(H2,24,30). The molecular weight excluding hydrogens is 494 g/mol. The van der Waals surface area contributed by atoms with Gasteiger partial charge in [-0.25, -0.2) is 9.59 Å². The van der Waals surface area contributed by atoms with Crippen LogP contribution in [0.3, 0.4) is 0 Å². The Morgan fingerprint density at radius 3 is 2.64 bits per heavy atom. The largest absolute Gasteiger partial charge is 0.456 e. The second-order valence-electron chi connectivity index (χ2n) is 9.03. The van der Waals surface area contributed by atoms with Crippen LogP contribution < -0.4 is 5.73 Å². The van der Waals surface area contributed by atoms with E-state index in [4.69, 9.17) is 19.9 Å². The smallest absolute Gasteiger partial charge is 0.404 e. The quantitative estimate of drug-likeness (QED) is 0.211. The number of nitro groups is 1. The van der Waals surface area contributed by atoms with Gasteiger partial charge in [0.15, 0.2) is 0 Å². The van der Waals surface area contributed by atoms with Crippen molar-refractivity contribution in [3.8, 4) is 0 Å². The average molecular weight is 522 g/mol. The van der Waals surface area contributed by atoms with Crippen LogP contribution in [0.4, 0.5) is 10.5 Å². The number of aliphatic hydroxyl groups excluding tert-OH is 1. The summed E-state index contributed by atoms with van der Waals surface area (Å²) in [6, 6.07) is 5.28. The molecule has 36 heavy (non-hydrogen) atoms. The number of amides is 2. The number of carbonyl (C=O) groups is 3. The molecule has 12 nitrogen and oxygen atoms in total. The van der Waals surface area contributed by atoms with Gasteiger partial charge in [0.1, 0.15) is 18.9 Å². The lowest BCUT2D eigenvalue weighted by atomic mass is 9.79. The number of esters is 1. The minimum absolute atomic E-state index is 0.0302. The average Bonchev–Trinajstić information content (AvgIpc) is 3.37. The molecule has 194 valence electrons. The number of hydrogen-bond donors (Lipinski definition) is 2. The Morgan fingerprint density at radius 2 is 2.03 bits per heavy atom. The topological polar surface area (TPSA) is 172 Å².